The number of rotatable bonds is 4. The van der Waals surface area contributed by atoms with Crippen LogP contribution in [0.4, 0.5) is 15.8 Å². The molecular weight excluding hydrogens is 253 g/mol. The highest BCUT2D eigenvalue weighted by Crippen LogP contribution is 2.16. The van der Waals surface area contributed by atoms with Crippen LogP contribution in [0.5, 0.6) is 0 Å². The highest BCUT2D eigenvalue weighted by atomic mass is 19.1. The molecule has 100 valence electrons. The van der Waals surface area contributed by atoms with Gasteiger partial charge in [-0.1, -0.05) is 30.3 Å². The van der Waals surface area contributed by atoms with Crippen LogP contribution in [0, 0.1) is 5.82 Å². The Morgan fingerprint density at radius 2 is 1.70 bits per heavy atom. The first-order valence-electron chi connectivity index (χ1n) is 6.38. The standard InChI is InChI=1S/C16H14FN3/c17-14-6-8-15(9-7-14)19-16-10-18-20(12-16)11-13-4-2-1-3-5-13/h1-10,12,19H,11H2. The van der Waals surface area contributed by atoms with E-state index in [0.717, 1.165) is 17.9 Å². The summed E-state index contributed by atoms with van der Waals surface area (Å²) in [5.41, 5.74) is 2.92. The first-order valence-corrected chi connectivity index (χ1v) is 6.38. The summed E-state index contributed by atoms with van der Waals surface area (Å²) in [4.78, 5) is 0. The molecule has 0 saturated heterocycles. The minimum Gasteiger partial charge on any atom is -0.353 e. The quantitative estimate of drug-likeness (QED) is 0.779. The Labute approximate surface area is 116 Å². The lowest BCUT2D eigenvalue weighted by molar-refractivity contribution is 0.628. The molecule has 1 N–H and O–H groups in total. The molecule has 3 rings (SSSR count). The van der Waals surface area contributed by atoms with Crippen molar-refractivity contribution in [3.63, 3.8) is 0 Å². The zero-order valence-electron chi connectivity index (χ0n) is 10.8. The van der Waals surface area contributed by atoms with Gasteiger partial charge in [0.1, 0.15) is 5.82 Å². The third kappa shape index (κ3) is 3.03. The molecule has 0 unspecified atom stereocenters. The van der Waals surface area contributed by atoms with Crippen molar-refractivity contribution in [2.45, 2.75) is 6.54 Å². The van der Waals surface area contributed by atoms with Crippen LogP contribution in [0.1, 0.15) is 5.56 Å². The lowest BCUT2D eigenvalue weighted by Crippen LogP contribution is -1.99. The van der Waals surface area contributed by atoms with Crippen LogP contribution in [0.15, 0.2) is 67.0 Å². The monoisotopic (exact) mass is 267 g/mol. The van der Waals surface area contributed by atoms with Crippen molar-refractivity contribution in [3.8, 4) is 0 Å². The Morgan fingerprint density at radius 1 is 0.950 bits per heavy atom. The molecule has 3 aromatic rings. The maximum atomic E-state index is 12.8. The van der Waals surface area contributed by atoms with Gasteiger partial charge < -0.3 is 5.32 Å². The van der Waals surface area contributed by atoms with E-state index in [9.17, 15) is 4.39 Å². The van der Waals surface area contributed by atoms with Crippen LogP contribution in [-0.2, 0) is 6.54 Å². The Morgan fingerprint density at radius 3 is 2.45 bits per heavy atom. The topological polar surface area (TPSA) is 29.9 Å². The van der Waals surface area contributed by atoms with Gasteiger partial charge in [0.2, 0.25) is 0 Å². The molecule has 0 aliphatic rings. The Bertz CT molecular complexity index is 674. The van der Waals surface area contributed by atoms with Crippen molar-refractivity contribution in [2.75, 3.05) is 5.32 Å². The molecular formula is C16H14FN3. The number of hydrogen-bond acceptors (Lipinski definition) is 2. The van der Waals surface area contributed by atoms with Crippen LogP contribution in [0.2, 0.25) is 0 Å². The van der Waals surface area contributed by atoms with Crippen molar-refractivity contribution in [1.82, 2.24) is 9.78 Å². The molecule has 0 amide bonds. The second kappa shape index (κ2) is 5.57. The largest absolute Gasteiger partial charge is 0.353 e. The maximum Gasteiger partial charge on any atom is 0.123 e. The summed E-state index contributed by atoms with van der Waals surface area (Å²) >= 11 is 0. The van der Waals surface area contributed by atoms with Gasteiger partial charge in [-0.05, 0) is 29.8 Å². The van der Waals surface area contributed by atoms with Gasteiger partial charge in [-0.2, -0.15) is 5.10 Å². The Hall–Kier alpha value is -2.62. The van der Waals surface area contributed by atoms with Crippen molar-refractivity contribution in [2.24, 2.45) is 0 Å². The van der Waals surface area contributed by atoms with Crippen molar-refractivity contribution in [3.05, 3.63) is 78.4 Å². The Kier molecular flexibility index (Phi) is 3.46. The van der Waals surface area contributed by atoms with Crippen molar-refractivity contribution < 1.29 is 4.39 Å². The van der Waals surface area contributed by atoms with Crippen molar-refractivity contribution in [1.29, 1.82) is 0 Å². The fourth-order valence-electron chi connectivity index (χ4n) is 1.98. The Balaban J connectivity index is 1.69. The molecule has 0 bridgehead atoms. The third-order valence-corrected chi connectivity index (χ3v) is 2.95. The fraction of sp³-hybridized carbons (Fsp3) is 0.0625. The van der Waals surface area contributed by atoms with Gasteiger partial charge >= 0.3 is 0 Å². The van der Waals surface area contributed by atoms with E-state index in [2.05, 4.69) is 22.5 Å². The molecule has 0 aliphatic heterocycles. The van der Waals surface area contributed by atoms with Gasteiger partial charge in [-0.25, -0.2) is 4.39 Å². The SMILES string of the molecule is Fc1ccc(Nc2cnn(Cc3ccccc3)c2)cc1. The average molecular weight is 267 g/mol. The lowest BCUT2D eigenvalue weighted by Gasteiger charge is -2.03. The predicted octanol–water partition coefficient (Wildman–Crippen LogP) is 3.81. The summed E-state index contributed by atoms with van der Waals surface area (Å²) in [6.07, 6.45) is 3.68. The molecule has 1 aromatic heterocycles. The van der Waals surface area contributed by atoms with Crippen LogP contribution in [0.25, 0.3) is 0 Å². The number of nitrogens with zero attached hydrogens (tertiary/aromatic N) is 2. The van der Waals surface area contributed by atoms with Crippen LogP contribution < -0.4 is 5.32 Å². The molecule has 0 aliphatic carbocycles. The summed E-state index contributed by atoms with van der Waals surface area (Å²) < 4.78 is 14.7. The fourth-order valence-corrected chi connectivity index (χ4v) is 1.98. The third-order valence-electron chi connectivity index (χ3n) is 2.95. The van der Waals surface area contributed by atoms with Gasteiger partial charge in [0.25, 0.3) is 0 Å². The number of aromatic nitrogens is 2. The zero-order valence-corrected chi connectivity index (χ0v) is 10.8. The molecule has 0 fully saturated rings. The van der Waals surface area contributed by atoms with E-state index in [-0.39, 0.29) is 5.82 Å². The van der Waals surface area contributed by atoms with Gasteiger partial charge in [0.05, 0.1) is 18.4 Å². The summed E-state index contributed by atoms with van der Waals surface area (Å²) in [6.45, 7) is 0.728. The number of nitrogens with one attached hydrogen (secondary N) is 1. The average Bonchev–Trinajstić information content (AvgIpc) is 2.90. The molecule has 0 atom stereocenters. The molecule has 3 nitrogen and oxygen atoms in total. The van der Waals surface area contributed by atoms with Gasteiger partial charge in [0, 0.05) is 11.9 Å². The summed E-state index contributed by atoms with van der Waals surface area (Å²) in [7, 11) is 0. The van der Waals surface area contributed by atoms with Gasteiger partial charge in [0.15, 0.2) is 0 Å². The van der Waals surface area contributed by atoms with E-state index < -0.39 is 0 Å². The van der Waals surface area contributed by atoms with Gasteiger partial charge in [-0.15, -0.1) is 0 Å². The molecule has 20 heavy (non-hydrogen) atoms. The van der Waals surface area contributed by atoms with E-state index in [1.54, 1.807) is 18.3 Å². The molecule has 2 aromatic carbocycles. The summed E-state index contributed by atoms with van der Waals surface area (Å²) in [5, 5.41) is 7.49. The predicted molar refractivity (Wildman–Crippen MR) is 77.5 cm³/mol. The lowest BCUT2D eigenvalue weighted by atomic mass is 10.2. The van der Waals surface area contributed by atoms with E-state index in [1.807, 2.05) is 29.1 Å². The second-order valence-electron chi connectivity index (χ2n) is 4.54. The number of hydrogen-bond donors (Lipinski definition) is 1. The first-order chi connectivity index (χ1) is 9.79. The summed E-state index contributed by atoms with van der Waals surface area (Å²) in [5.74, 6) is -0.240. The van der Waals surface area contributed by atoms with E-state index >= 15 is 0 Å². The number of halogens is 1. The molecule has 4 heteroatoms. The number of anilines is 2. The van der Waals surface area contributed by atoms with E-state index in [4.69, 9.17) is 0 Å². The molecule has 0 radical (unpaired) electrons. The second-order valence-corrected chi connectivity index (χ2v) is 4.54. The minimum atomic E-state index is -0.240. The minimum absolute atomic E-state index is 0.240. The van der Waals surface area contributed by atoms with Crippen LogP contribution in [0.3, 0.4) is 0 Å². The first kappa shape index (κ1) is 12.4. The smallest absolute Gasteiger partial charge is 0.123 e. The summed E-state index contributed by atoms with van der Waals surface area (Å²) in [6, 6.07) is 16.4. The van der Waals surface area contributed by atoms with Crippen LogP contribution >= 0.6 is 0 Å². The van der Waals surface area contributed by atoms with E-state index in [1.165, 1.54) is 17.7 Å². The van der Waals surface area contributed by atoms with E-state index in [0.29, 0.717) is 0 Å². The van der Waals surface area contributed by atoms with Gasteiger partial charge in [-0.3, -0.25) is 4.68 Å². The number of benzene rings is 2. The zero-order chi connectivity index (χ0) is 13.8. The molecule has 0 saturated carbocycles. The highest BCUT2D eigenvalue weighted by molar-refractivity contribution is 5.57. The maximum absolute atomic E-state index is 12.8. The molecule has 1 heterocycles. The highest BCUT2D eigenvalue weighted by Gasteiger charge is 2.00. The molecule has 0 spiro atoms. The van der Waals surface area contributed by atoms with Crippen LogP contribution in [-0.4, -0.2) is 9.78 Å². The normalized spacial score (nSPS) is 10.4. The van der Waals surface area contributed by atoms with Crippen molar-refractivity contribution >= 4 is 11.4 Å².